The number of hydrogen-bond acceptors (Lipinski definition) is 6. The van der Waals surface area contributed by atoms with E-state index in [0.29, 0.717) is 37.3 Å². The van der Waals surface area contributed by atoms with Crippen LogP contribution in [0.2, 0.25) is 0 Å². The summed E-state index contributed by atoms with van der Waals surface area (Å²) >= 11 is 1.49. The molecule has 0 N–H and O–H groups in total. The highest BCUT2D eigenvalue weighted by Gasteiger charge is 2.24. The fraction of sp³-hybridized carbons (Fsp3) is 0.381. The molecule has 0 atom stereocenters. The zero-order valence-electron chi connectivity index (χ0n) is 16.2. The summed E-state index contributed by atoms with van der Waals surface area (Å²) in [6.07, 6.45) is 0. The molecule has 3 aromatic rings. The van der Waals surface area contributed by atoms with E-state index in [-0.39, 0.29) is 5.91 Å². The van der Waals surface area contributed by atoms with E-state index >= 15 is 0 Å². The maximum absolute atomic E-state index is 12.4. The Balaban J connectivity index is 1.33. The Morgan fingerprint density at radius 1 is 1.14 bits per heavy atom. The van der Waals surface area contributed by atoms with E-state index in [2.05, 4.69) is 41.0 Å². The maximum Gasteiger partial charge on any atom is 0.264 e. The second-order valence-corrected chi connectivity index (χ2v) is 8.28. The Hall–Kier alpha value is -2.51. The predicted octanol–water partition coefficient (Wildman–Crippen LogP) is 3.88. The van der Waals surface area contributed by atoms with Gasteiger partial charge in [-0.15, -0.1) is 11.3 Å². The van der Waals surface area contributed by atoms with Gasteiger partial charge in [0, 0.05) is 31.7 Å². The Labute approximate surface area is 168 Å². The molecule has 146 valence electrons. The van der Waals surface area contributed by atoms with Crippen LogP contribution in [-0.2, 0) is 6.54 Å². The van der Waals surface area contributed by atoms with Gasteiger partial charge in [0.2, 0.25) is 11.7 Å². The van der Waals surface area contributed by atoms with Crippen LogP contribution in [0.5, 0.6) is 0 Å². The number of thiophene rings is 1. The molecule has 0 saturated carbocycles. The summed E-state index contributed by atoms with van der Waals surface area (Å²) in [5, 5.41) is 6.06. The zero-order valence-corrected chi connectivity index (χ0v) is 17.0. The van der Waals surface area contributed by atoms with Crippen molar-refractivity contribution >= 4 is 17.2 Å². The molecule has 0 unspecified atom stereocenters. The van der Waals surface area contributed by atoms with Crippen LogP contribution in [0, 0.1) is 0 Å². The minimum absolute atomic E-state index is 0.125. The van der Waals surface area contributed by atoms with Gasteiger partial charge in [-0.05, 0) is 22.9 Å². The predicted molar refractivity (Wildman–Crippen MR) is 109 cm³/mol. The molecule has 1 amide bonds. The van der Waals surface area contributed by atoms with E-state index in [4.69, 9.17) is 4.52 Å². The molecule has 2 aromatic heterocycles. The lowest BCUT2D eigenvalue weighted by molar-refractivity contribution is 0.0620. The first-order valence-electron chi connectivity index (χ1n) is 9.58. The summed E-state index contributed by atoms with van der Waals surface area (Å²) in [7, 11) is 0. The second-order valence-electron chi connectivity index (χ2n) is 7.33. The molecule has 1 fully saturated rings. The molecule has 0 radical (unpaired) electrons. The maximum atomic E-state index is 12.4. The van der Waals surface area contributed by atoms with Gasteiger partial charge < -0.3 is 9.42 Å². The third-order valence-corrected chi connectivity index (χ3v) is 5.91. The van der Waals surface area contributed by atoms with Crippen molar-refractivity contribution in [1.29, 1.82) is 0 Å². The molecular weight excluding hydrogens is 372 g/mol. The molecule has 28 heavy (non-hydrogen) atoms. The average molecular weight is 397 g/mol. The van der Waals surface area contributed by atoms with E-state index < -0.39 is 0 Å². The van der Waals surface area contributed by atoms with Crippen LogP contribution >= 0.6 is 11.3 Å². The summed E-state index contributed by atoms with van der Waals surface area (Å²) in [5.74, 6) is 1.86. The van der Waals surface area contributed by atoms with Gasteiger partial charge in [0.15, 0.2) is 0 Å². The van der Waals surface area contributed by atoms with Gasteiger partial charge in [0.25, 0.3) is 5.91 Å². The van der Waals surface area contributed by atoms with E-state index in [1.165, 1.54) is 16.9 Å². The number of carbonyl (C=O) groups is 1. The van der Waals surface area contributed by atoms with Crippen molar-refractivity contribution in [3.05, 3.63) is 58.1 Å². The monoisotopic (exact) mass is 396 g/mol. The van der Waals surface area contributed by atoms with E-state index in [0.717, 1.165) is 23.5 Å². The largest absolute Gasteiger partial charge is 0.338 e. The van der Waals surface area contributed by atoms with Crippen LogP contribution in [0.3, 0.4) is 0 Å². The van der Waals surface area contributed by atoms with E-state index in [9.17, 15) is 4.79 Å². The highest BCUT2D eigenvalue weighted by Crippen LogP contribution is 2.21. The minimum Gasteiger partial charge on any atom is -0.338 e. The molecule has 1 aromatic carbocycles. The fourth-order valence-electron chi connectivity index (χ4n) is 3.31. The second kappa shape index (κ2) is 8.24. The number of nitrogens with zero attached hydrogens (tertiary/aromatic N) is 4. The summed E-state index contributed by atoms with van der Waals surface area (Å²) in [5.41, 5.74) is 2.26. The SMILES string of the molecule is CC(C)c1ccc(-c2noc(CN3CCN(C(=O)c4cccs4)CC3)n2)cc1. The number of hydrogen-bond donors (Lipinski definition) is 0. The lowest BCUT2D eigenvalue weighted by Crippen LogP contribution is -2.48. The van der Waals surface area contributed by atoms with Crippen molar-refractivity contribution < 1.29 is 9.32 Å². The number of benzene rings is 1. The van der Waals surface area contributed by atoms with Crippen molar-refractivity contribution in [3.8, 4) is 11.4 Å². The fourth-order valence-corrected chi connectivity index (χ4v) is 4.00. The molecule has 1 aliphatic rings. The molecule has 0 spiro atoms. The van der Waals surface area contributed by atoms with Gasteiger partial charge in [-0.25, -0.2) is 0 Å². The van der Waals surface area contributed by atoms with Gasteiger partial charge in [-0.1, -0.05) is 49.3 Å². The summed E-state index contributed by atoms with van der Waals surface area (Å²) in [6.45, 7) is 8.00. The Morgan fingerprint density at radius 2 is 1.89 bits per heavy atom. The highest BCUT2D eigenvalue weighted by atomic mass is 32.1. The van der Waals surface area contributed by atoms with Crippen molar-refractivity contribution in [2.75, 3.05) is 26.2 Å². The van der Waals surface area contributed by atoms with Crippen molar-refractivity contribution in [2.45, 2.75) is 26.3 Å². The normalized spacial score (nSPS) is 15.3. The standard InChI is InChI=1S/C21H24N4O2S/c1-15(2)16-5-7-17(8-6-16)20-22-19(27-23-20)14-24-9-11-25(12-10-24)21(26)18-4-3-13-28-18/h3-8,13,15H,9-12,14H2,1-2H3. The number of piperazine rings is 1. The van der Waals surface area contributed by atoms with Crippen LogP contribution in [0.1, 0.15) is 40.9 Å². The van der Waals surface area contributed by atoms with Gasteiger partial charge >= 0.3 is 0 Å². The summed E-state index contributed by atoms with van der Waals surface area (Å²) < 4.78 is 5.45. The first-order valence-corrected chi connectivity index (χ1v) is 10.5. The molecular formula is C21H24N4O2S. The van der Waals surface area contributed by atoms with Gasteiger partial charge in [-0.2, -0.15) is 4.98 Å². The lowest BCUT2D eigenvalue weighted by Gasteiger charge is -2.33. The van der Waals surface area contributed by atoms with Gasteiger partial charge in [0.1, 0.15) is 0 Å². The first-order chi connectivity index (χ1) is 13.6. The molecule has 1 aliphatic heterocycles. The van der Waals surface area contributed by atoms with E-state index in [1.807, 2.05) is 34.5 Å². The Kier molecular flexibility index (Phi) is 5.54. The molecule has 6 nitrogen and oxygen atoms in total. The quantitative estimate of drug-likeness (QED) is 0.655. The molecule has 4 rings (SSSR count). The molecule has 1 saturated heterocycles. The topological polar surface area (TPSA) is 62.5 Å². The summed E-state index contributed by atoms with van der Waals surface area (Å²) in [4.78, 5) is 21.9. The summed E-state index contributed by atoms with van der Waals surface area (Å²) in [6, 6.07) is 12.1. The van der Waals surface area contributed by atoms with Crippen LogP contribution < -0.4 is 0 Å². The molecule has 0 aliphatic carbocycles. The molecule has 3 heterocycles. The average Bonchev–Trinajstić information content (AvgIpc) is 3.40. The van der Waals surface area contributed by atoms with Crippen LogP contribution in [0.15, 0.2) is 46.3 Å². The van der Waals surface area contributed by atoms with Crippen molar-refractivity contribution in [1.82, 2.24) is 19.9 Å². The Bertz CT molecular complexity index is 910. The number of amides is 1. The number of rotatable bonds is 5. The zero-order chi connectivity index (χ0) is 19.5. The number of carbonyl (C=O) groups excluding carboxylic acids is 1. The van der Waals surface area contributed by atoms with E-state index in [1.54, 1.807) is 0 Å². The van der Waals surface area contributed by atoms with Crippen LogP contribution in [0.25, 0.3) is 11.4 Å². The van der Waals surface area contributed by atoms with Crippen molar-refractivity contribution in [3.63, 3.8) is 0 Å². The minimum atomic E-state index is 0.125. The molecule has 0 bridgehead atoms. The smallest absolute Gasteiger partial charge is 0.264 e. The third kappa shape index (κ3) is 4.15. The van der Waals surface area contributed by atoms with Gasteiger partial charge in [0.05, 0.1) is 11.4 Å². The first kappa shape index (κ1) is 18.8. The van der Waals surface area contributed by atoms with Gasteiger partial charge in [-0.3, -0.25) is 9.69 Å². The molecule has 7 heteroatoms. The van der Waals surface area contributed by atoms with Crippen LogP contribution in [-0.4, -0.2) is 52.0 Å². The Morgan fingerprint density at radius 3 is 2.54 bits per heavy atom. The number of aromatic nitrogens is 2. The third-order valence-electron chi connectivity index (χ3n) is 5.05. The lowest BCUT2D eigenvalue weighted by atomic mass is 10.0. The van der Waals surface area contributed by atoms with Crippen molar-refractivity contribution in [2.24, 2.45) is 0 Å². The van der Waals surface area contributed by atoms with Crippen LogP contribution in [0.4, 0.5) is 0 Å². The highest BCUT2D eigenvalue weighted by molar-refractivity contribution is 7.12.